The number of nitrogens with two attached hydrogens (primary N) is 1. The van der Waals surface area contributed by atoms with Crippen LogP contribution in [0.2, 0.25) is 0 Å². The number of unbranched alkanes of at least 4 members (excludes halogenated alkanes) is 1. The van der Waals surface area contributed by atoms with E-state index in [4.69, 9.17) is 10.5 Å². The van der Waals surface area contributed by atoms with E-state index in [1.165, 1.54) is 36.8 Å². The molecule has 1 aromatic rings. The maximum atomic E-state index is 12.3. The van der Waals surface area contributed by atoms with Crippen molar-refractivity contribution in [2.75, 3.05) is 20.1 Å². The predicted octanol–water partition coefficient (Wildman–Crippen LogP) is 2.77. The first kappa shape index (κ1) is 22.8. The normalized spacial score (nSPS) is 24.3. The van der Waals surface area contributed by atoms with Crippen LogP contribution >= 0.6 is 0 Å². The van der Waals surface area contributed by atoms with Gasteiger partial charge in [-0.25, -0.2) is 4.79 Å². The molecule has 0 spiro atoms. The van der Waals surface area contributed by atoms with Gasteiger partial charge in [0.2, 0.25) is 5.91 Å². The summed E-state index contributed by atoms with van der Waals surface area (Å²) in [5.74, 6) is -0.226. The van der Waals surface area contributed by atoms with Gasteiger partial charge in [0.05, 0.1) is 6.04 Å². The predicted molar refractivity (Wildman–Crippen MR) is 118 cm³/mol. The molecule has 3 unspecified atom stereocenters. The molecule has 1 amide bonds. The molecule has 2 bridgehead atoms. The number of hydrogen-bond donors (Lipinski definition) is 2. The maximum Gasteiger partial charge on any atom is 0.330 e. The van der Waals surface area contributed by atoms with Crippen molar-refractivity contribution in [2.24, 2.45) is 11.7 Å². The molecule has 2 aliphatic rings. The number of piperidine rings is 1. The summed E-state index contributed by atoms with van der Waals surface area (Å²) >= 11 is 0. The molecule has 0 aromatic heterocycles. The van der Waals surface area contributed by atoms with Crippen molar-refractivity contribution in [1.82, 2.24) is 10.2 Å². The van der Waals surface area contributed by atoms with Gasteiger partial charge < -0.3 is 20.7 Å². The van der Waals surface area contributed by atoms with Crippen LogP contribution < -0.4 is 15.8 Å². The zero-order chi connectivity index (χ0) is 21.9. The van der Waals surface area contributed by atoms with Gasteiger partial charge >= 0.3 is 5.97 Å². The third-order valence-electron chi connectivity index (χ3n) is 6.97. The van der Waals surface area contributed by atoms with E-state index in [0.29, 0.717) is 11.8 Å². The zero-order valence-electron chi connectivity index (χ0n) is 18.9. The maximum absolute atomic E-state index is 12.3. The van der Waals surface area contributed by atoms with E-state index in [0.717, 1.165) is 19.4 Å². The van der Waals surface area contributed by atoms with Gasteiger partial charge in [-0.15, -0.1) is 0 Å². The molecule has 6 heteroatoms. The Morgan fingerprint density at radius 3 is 2.83 bits per heavy atom. The average Bonchev–Trinajstić information content (AvgIpc) is 2.73. The van der Waals surface area contributed by atoms with Crippen molar-refractivity contribution in [3.8, 4) is 5.75 Å². The Kier molecular flexibility index (Phi) is 7.19. The lowest BCUT2D eigenvalue weighted by molar-refractivity contribution is -0.136. The Bertz CT molecular complexity index is 775. The van der Waals surface area contributed by atoms with Crippen molar-refractivity contribution in [2.45, 2.75) is 76.8 Å². The summed E-state index contributed by atoms with van der Waals surface area (Å²) in [6.45, 7) is 6.92. The lowest BCUT2D eigenvalue weighted by atomic mass is 9.62. The fourth-order valence-corrected chi connectivity index (χ4v) is 4.92. The highest BCUT2D eigenvalue weighted by atomic mass is 16.5. The van der Waals surface area contributed by atoms with Gasteiger partial charge in [0.1, 0.15) is 12.3 Å². The summed E-state index contributed by atoms with van der Waals surface area (Å²) in [7, 11) is 2.23. The van der Waals surface area contributed by atoms with Gasteiger partial charge in [-0.1, -0.05) is 39.7 Å². The van der Waals surface area contributed by atoms with E-state index < -0.39 is 12.0 Å². The number of nitrogens with zero attached hydrogens (tertiary/aromatic N) is 1. The summed E-state index contributed by atoms with van der Waals surface area (Å²) in [4.78, 5) is 26.8. The Morgan fingerprint density at radius 1 is 1.37 bits per heavy atom. The fourth-order valence-electron chi connectivity index (χ4n) is 4.92. The number of likely N-dealkylation sites (N-methyl/N-ethyl adjacent to an activating group) is 1. The summed E-state index contributed by atoms with van der Waals surface area (Å²) < 4.78 is 5.57. The molecule has 0 radical (unpaired) electrons. The molecule has 1 fully saturated rings. The summed E-state index contributed by atoms with van der Waals surface area (Å²) in [6.07, 6.45) is 6.95. The molecule has 3 atom stereocenters. The van der Waals surface area contributed by atoms with Crippen molar-refractivity contribution >= 4 is 11.9 Å². The third-order valence-corrected chi connectivity index (χ3v) is 6.97. The van der Waals surface area contributed by atoms with Crippen LogP contribution in [0.25, 0.3) is 0 Å². The summed E-state index contributed by atoms with van der Waals surface area (Å²) in [6, 6.07) is 6.05. The minimum absolute atomic E-state index is 0.0133. The van der Waals surface area contributed by atoms with Crippen LogP contribution in [0.3, 0.4) is 0 Å². The number of rotatable bonds is 8. The highest BCUT2D eigenvalue weighted by molar-refractivity contribution is 5.86. The monoisotopic (exact) mass is 415 g/mol. The van der Waals surface area contributed by atoms with Crippen LogP contribution in [0, 0.1) is 5.92 Å². The minimum Gasteiger partial charge on any atom is -0.425 e. The van der Waals surface area contributed by atoms with E-state index in [2.05, 4.69) is 36.3 Å². The highest BCUT2D eigenvalue weighted by Gasteiger charge is 2.44. The first-order valence-electron chi connectivity index (χ1n) is 11.3. The average molecular weight is 416 g/mol. The second-order valence-corrected chi connectivity index (χ2v) is 9.46. The minimum atomic E-state index is -0.627. The number of esters is 1. The molecule has 1 aliphatic carbocycles. The molecule has 1 aromatic carbocycles. The third kappa shape index (κ3) is 4.86. The van der Waals surface area contributed by atoms with Crippen LogP contribution in [0.15, 0.2) is 18.2 Å². The molecular formula is C24H37N3O3. The molecule has 6 nitrogen and oxygen atoms in total. The fraction of sp³-hybridized carbons (Fsp3) is 0.667. The van der Waals surface area contributed by atoms with Gasteiger partial charge in [0.25, 0.3) is 0 Å². The lowest BCUT2D eigenvalue weighted by Crippen LogP contribution is -2.51. The Morgan fingerprint density at radius 2 is 2.13 bits per heavy atom. The van der Waals surface area contributed by atoms with E-state index in [9.17, 15) is 9.59 Å². The van der Waals surface area contributed by atoms with E-state index in [1.54, 1.807) is 0 Å². The van der Waals surface area contributed by atoms with Crippen LogP contribution in [0.4, 0.5) is 0 Å². The lowest BCUT2D eigenvalue weighted by Gasteiger charge is -2.50. The first-order valence-corrected chi connectivity index (χ1v) is 11.3. The van der Waals surface area contributed by atoms with Crippen molar-refractivity contribution < 1.29 is 14.3 Å². The SMILES string of the molecule is CCCCC12CCN(C)C(Cc3ccc(OC(=O)CNC(=O)C(N)C(C)C)cc31)C2. The van der Waals surface area contributed by atoms with Crippen LogP contribution in [0.5, 0.6) is 5.75 Å². The van der Waals surface area contributed by atoms with Crippen molar-refractivity contribution in [3.63, 3.8) is 0 Å². The van der Waals surface area contributed by atoms with Gasteiger partial charge in [-0.2, -0.15) is 0 Å². The molecule has 1 heterocycles. The van der Waals surface area contributed by atoms with Crippen LogP contribution in [0.1, 0.15) is 64.0 Å². The summed E-state index contributed by atoms with van der Waals surface area (Å²) in [5, 5.41) is 2.58. The molecule has 30 heavy (non-hydrogen) atoms. The number of ether oxygens (including phenoxy) is 1. The Labute approximate surface area is 180 Å². The van der Waals surface area contributed by atoms with Gasteiger partial charge in [0.15, 0.2) is 0 Å². The molecule has 166 valence electrons. The van der Waals surface area contributed by atoms with E-state index in [-0.39, 0.29) is 23.8 Å². The second-order valence-electron chi connectivity index (χ2n) is 9.46. The largest absolute Gasteiger partial charge is 0.425 e. The van der Waals surface area contributed by atoms with E-state index in [1.807, 2.05) is 19.9 Å². The number of nitrogens with one attached hydrogen (secondary N) is 1. The van der Waals surface area contributed by atoms with Crippen molar-refractivity contribution in [1.29, 1.82) is 0 Å². The molecule has 3 rings (SSSR count). The number of carbonyl (C=O) groups is 2. The number of amides is 1. The van der Waals surface area contributed by atoms with E-state index >= 15 is 0 Å². The van der Waals surface area contributed by atoms with Crippen LogP contribution in [-0.2, 0) is 21.4 Å². The highest BCUT2D eigenvalue weighted by Crippen LogP contribution is 2.48. The molecule has 0 saturated carbocycles. The standard InChI is InChI=1S/C24H37N3O3/c1-5-6-9-24-10-11-27(4)18(14-24)12-17-7-8-19(13-20(17)24)30-21(28)15-26-23(29)22(25)16(2)3/h7-8,13,16,18,22H,5-6,9-12,14-15,25H2,1-4H3,(H,26,29). The smallest absolute Gasteiger partial charge is 0.330 e. The second kappa shape index (κ2) is 9.48. The number of fused-ring (bicyclic) bond motifs is 4. The zero-order valence-corrected chi connectivity index (χ0v) is 18.9. The van der Waals surface area contributed by atoms with Gasteiger partial charge in [-0.05, 0) is 73.9 Å². The topological polar surface area (TPSA) is 84.7 Å². The Balaban J connectivity index is 1.72. The number of likely N-dealkylation sites (tertiary alicyclic amines) is 1. The van der Waals surface area contributed by atoms with Crippen LogP contribution in [-0.4, -0.2) is 49.0 Å². The first-order chi connectivity index (χ1) is 14.3. The number of benzene rings is 1. The number of hydrogen-bond acceptors (Lipinski definition) is 5. The molecular weight excluding hydrogens is 378 g/mol. The molecule has 3 N–H and O–H groups in total. The molecule has 1 saturated heterocycles. The van der Waals surface area contributed by atoms with Gasteiger partial charge in [0, 0.05) is 6.04 Å². The Hall–Kier alpha value is -1.92. The molecule has 1 aliphatic heterocycles. The van der Waals surface area contributed by atoms with Gasteiger partial charge in [-0.3, -0.25) is 4.79 Å². The van der Waals surface area contributed by atoms with Crippen molar-refractivity contribution in [3.05, 3.63) is 29.3 Å². The quantitative estimate of drug-likeness (QED) is 0.504. The summed E-state index contributed by atoms with van der Waals surface area (Å²) in [5.41, 5.74) is 8.74. The number of carbonyl (C=O) groups excluding carboxylic acids is 2.